The quantitative estimate of drug-likeness (QED) is 0.613. The van der Waals surface area contributed by atoms with E-state index in [0.717, 1.165) is 24.2 Å². The molecule has 3 heteroatoms. The summed E-state index contributed by atoms with van der Waals surface area (Å²) in [6.45, 7) is 11.6. The number of rotatable bonds is 9. The molecule has 0 aliphatic rings. The maximum absolute atomic E-state index is 5.93. The van der Waals surface area contributed by atoms with E-state index in [0.29, 0.717) is 12.5 Å². The summed E-state index contributed by atoms with van der Waals surface area (Å²) in [6.07, 6.45) is 8.87. The summed E-state index contributed by atoms with van der Waals surface area (Å²) in [5.74, 6) is 0.711. The molecule has 114 valence electrons. The summed E-state index contributed by atoms with van der Waals surface area (Å²) in [6, 6.07) is 0. The Balaban J connectivity index is 2.62. The smallest absolute Gasteiger partial charge is 0.235 e. The third-order valence-corrected chi connectivity index (χ3v) is 3.52. The van der Waals surface area contributed by atoms with Crippen molar-refractivity contribution >= 4 is 0 Å². The van der Waals surface area contributed by atoms with Gasteiger partial charge in [0.25, 0.3) is 0 Å². The number of unbranched alkanes of at least 4 members (excludes halogenated alkanes) is 2. The first-order valence-electron chi connectivity index (χ1n) is 7.94. The van der Waals surface area contributed by atoms with Crippen LogP contribution in [0.15, 0.2) is 6.20 Å². The van der Waals surface area contributed by atoms with Gasteiger partial charge in [0.05, 0.1) is 18.0 Å². The van der Waals surface area contributed by atoms with Crippen molar-refractivity contribution in [2.24, 2.45) is 5.41 Å². The van der Waals surface area contributed by atoms with Gasteiger partial charge in [0, 0.05) is 6.20 Å². The Bertz CT molecular complexity index is 402. The minimum Gasteiger partial charge on any atom is -0.476 e. The zero-order valence-corrected chi connectivity index (χ0v) is 13.8. The van der Waals surface area contributed by atoms with Crippen molar-refractivity contribution in [2.75, 3.05) is 6.61 Å². The van der Waals surface area contributed by atoms with Crippen molar-refractivity contribution in [3.63, 3.8) is 0 Å². The minimum absolute atomic E-state index is 0.196. The second-order valence-corrected chi connectivity index (χ2v) is 6.41. The van der Waals surface area contributed by atoms with Gasteiger partial charge in [0.15, 0.2) is 0 Å². The molecule has 20 heavy (non-hydrogen) atoms. The van der Waals surface area contributed by atoms with E-state index in [-0.39, 0.29) is 5.41 Å². The van der Waals surface area contributed by atoms with E-state index in [9.17, 15) is 0 Å². The highest BCUT2D eigenvalue weighted by Crippen LogP contribution is 2.24. The normalized spacial score (nSPS) is 11.7. The van der Waals surface area contributed by atoms with Crippen LogP contribution in [0.2, 0.25) is 0 Å². The summed E-state index contributed by atoms with van der Waals surface area (Å²) >= 11 is 0. The van der Waals surface area contributed by atoms with Crippen LogP contribution in [0.25, 0.3) is 0 Å². The number of aromatic nitrogens is 2. The summed E-state index contributed by atoms with van der Waals surface area (Å²) in [4.78, 5) is 9.04. The van der Waals surface area contributed by atoms with Gasteiger partial charge in [-0.15, -0.1) is 0 Å². The Hall–Kier alpha value is -1.12. The summed E-state index contributed by atoms with van der Waals surface area (Å²) in [7, 11) is 0. The molecule has 0 saturated carbocycles. The van der Waals surface area contributed by atoms with Crippen LogP contribution in [0.1, 0.15) is 71.2 Å². The van der Waals surface area contributed by atoms with E-state index >= 15 is 0 Å². The van der Waals surface area contributed by atoms with Gasteiger partial charge in [-0.25, -0.2) is 4.98 Å². The van der Waals surface area contributed by atoms with Crippen LogP contribution in [-0.2, 0) is 6.42 Å². The Morgan fingerprint density at radius 2 is 1.90 bits per heavy atom. The van der Waals surface area contributed by atoms with Crippen LogP contribution in [-0.4, -0.2) is 16.6 Å². The lowest BCUT2D eigenvalue weighted by Gasteiger charge is -2.24. The van der Waals surface area contributed by atoms with Crippen molar-refractivity contribution in [1.29, 1.82) is 0 Å². The molecule has 0 radical (unpaired) electrons. The van der Waals surface area contributed by atoms with E-state index < -0.39 is 0 Å². The van der Waals surface area contributed by atoms with Crippen molar-refractivity contribution in [3.05, 3.63) is 17.6 Å². The molecular formula is C17H30N2O. The fraction of sp³-hybridized carbons (Fsp3) is 0.765. The molecule has 0 aliphatic carbocycles. The molecule has 0 saturated heterocycles. The SMILES string of the molecule is CCCCCc1cnc(C)c(OCC(C)(C)CCC)n1. The predicted molar refractivity (Wildman–Crippen MR) is 84.2 cm³/mol. The monoisotopic (exact) mass is 278 g/mol. The number of ether oxygens (including phenoxy) is 1. The highest BCUT2D eigenvalue weighted by Gasteiger charge is 2.18. The van der Waals surface area contributed by atoms with Gasteiger partial charge in [-0.05, 0) is 31.6 Å². The van der Waals surface area contributed by atoms with Crippen molar-refractivity contribution in [1.82, 2.24) is 9.97 Å². The number of hydrogen-bond donors (Lipinski definition) is 0. The van der Waals surface area contributed by atoms with Gasteiger partial charge in [0.2, 0.25) is 5.88 Å². The Kier molecular flexibility index (Phi) is 6.97. The van der Waals surface area contributed by atoms with Gasteiger partial charge in [-0.2, -0.15) is 0 Å². The van der Waals surface area contributed by atoms with E-state index in [1.54, 1.807) is 0 Å². The van der Waals surface area contributed by atoms with Crippen molar-refractivity contribution < 1.29 is 4.74 Å². The third-order valence-electron chi connectivity index (χ3n) is 3.52. The molecule has 1 aromatic heterocycles. The fourth-order valence-corrected chi connectivity index (χ4v) is 2.29. The number of aryl methyl sites for hydroxylation is 2. The summed E-state index contributed by atoms with van der Waals surface area (Å²) in [5, 5.41) is 0. The molecular weight excluding hydrogens is 248 g/mol. The number of hydrogen-bond acceptors (Lipinski definition) is 3. The van der Waals surface area contributed by atoms with Crippen LogP contribution in [0, 0.1) is 12.3 Å². The molecule has 0 amide bonds. The van der Waals surface area contributed by atoms with Gasteiger partial charge in [0.1, 0.15) is 0 Å². The maximum atomic E-state index is 5.93. The maximum Gasteiger partial charge on any atom is 0.235 e. The van der Waals surface area contributed by atoms with Gasteiger partial charge in [-0.1, -0.05) is 47.0 Å². The van der Waals surface area contributed by atoms with Crippen LogP contribution in [0.3, 0.4) is 0 Å². The third kappa shape index (κ3) is 5.89. The van der Waals surface area contributed by atoms with Gasteiger partial charge < -0.3 is 4.74 Å². The highest BCUT2D eigenvalue weighted by atomic mass is 16.5. The Morgan fingerprint density at radius 3 is 2.55 bits per heavy atom. The molecule has 0 unspecified atom stereocenters. The molecule has 0 bridgehead atoms. The number of nitrogens with zero attached hydrogens (tertiary/aromatic N) is 2. The zero-order valence-electron chi connectivity index (χ0n) is 13.8. The molecule has 1 heterocycles. The van der Waals surface area contributed by atoms with Crippen molar-refractivity contribution in [2.45, 2.75) is 73.1 Å². The molecule has 0 aromatic carbocycles. The lowest BCUT2D eigenvalue weighted by atomic mass is 9.89. The fourth-order valence-electron chi connectivity index (χ4n) is 2.29. The topological polar surface area (TPSA) is 35.0 Å². The van der Waals surface area contributed by atoms with Crippen molar-refractivity contribution in [3.8, 4) is 5.88 Å². The molecule has 1 rings (SSSR count). The van der Waals surface area contributed by atoms with Gasteiger partial charge in [-0.3, -0.25) is 4.98 Å². The Morgan fingerprint density at radius 1 is 1.15 bits per heavy atom. The second kappa shape index (κ2) is 8.23. The molecule has 0 spiro atoms. The molecule has 0 aliphatic heterocycles. The molecule has 3 nitrogen and oxygen atoms in total. The van der Waals surface area contributed by atoms with Crippen LogP contribution in [0.4, 0.5) is 0 Å². The van der Waals surface area contributed by atoms with Crippen LogP contribution >= 0.6 is 0 Å². The molecule has 1 aromatic rings. The first-order chi connectivity index (χ1) is 9.48. The average Bonchev–Trinajstić information content (AvgIpc) is 2.39. The molecule has 0 fully saturated rings. The van der Waals surface area contributed by atoms with Crippen LogP contribution in [0.5, 0.6) is 5.88 Å². The van der Waals surface area contributed by atoms with Crippen LogP contribution < -0.4 is 4.74 Å². The summed E-state index contributed by atoms with van der Waals surface area (Å²) < 4.78 is 5.93. The van der Waals surface area contributed by atoms with Gasteiger partial charge >= 0.3 is 0 Å². The predicted octanol–water partition coefficient (Wildman–Crippen LogP) is 4.72. The zero-order chi connectivity index (χ0) is 15.0. The Labute approximate surface area is 124 Å². The lowest BCUT2D eigenvalue weighted by molar-refractivity contribution is 0.161. The van der Waals surface area contributed by atoms with E-state index in [2.05, 4.69) is 37.7 Å². The largest absolute Gasteiger partial charge is 0.476 e. The summed E-state index contributed by atoms with van der Waals surface area (Å²) in [5.41, 5.74) is 2.13. The second-order valence-electron chi connectivity index (χ2n) is 6.41. The lowest BCUT2D eigenvalue weighted by Crippen LogP contribution is -2.22. The average molecular weight is 278 g/mol. The standard InChI is InChI=1S/C17H30N2O/c1-6-8-9-10-15-12-18-14(3)16(19-15)20-13-17(4,5)11-7-2/h12H,6-11,13H2,1-5H3. The van der Waals surface area contributed by atoms with E-state index in [1.165, 1.54) is 25.7 Å². The van der Waals surface area contributed by atoms with E-state index in [1.807, 2.05) is 13.1 Å². The first kappa shape index (κ1) is 16.9. The minimum atomic E-state index is 0.196. The highest BCUT2D eigenvalue weighted by molar-refractivity contribution is 5.18. The molecule has 0 N–H and O–H groups in total. The first-order valence-corrected chi connectivity index (χ1v) is 7.94. The van der Waals surface area contributed by atoms with E-state index in [4.69, 9.17) is 4.74 Å². The molecule has 0 atom stereocenters.